The van der Waals surface area contributed by atoms with E-state index in [9.17, 15) is 26.0 Å². The molecule has 1 saturated heterocycles. The van der Waals surface area contributed by atoms with Crippen LogP contribution in [0, 0.1) is 5.82 Å². The third kappa shape index (κ3) is 3.35. The highest BCUT2D eigenvalue weighted by Gasteiger charge is 2.40. The first kappa shape index (κ1) is 16.2. The molecular weight excluding hydrogens is 312 g/mol. The van der Waals surface area contributed by atoms with Crippen molar-refractivity contribution in [2.75, 3.05) is 19.6 Å². The number of sulfonamides is 1. The summed E-state index contributed by atoms with van der Waals surface area (Å²) in [6.07, 6.45) is -4.94. The van der Waals surface area contributed by atoms with E-state index in [1.165, 1.54) is 0 Å². The van der Waals surface area contributed by atoms with Gasteiger partial charge >= 0.3 is 6.18 Å². The maximum atomic E-state index is 13.1. The molecule has 21 heavy (non-hydrogen) atoms. The fraction of sp³-hybridized carbons (Fsp3) is 0.500. The number of rotatable bonds is 2. The van der Waals surface area contributed by atoms with Crippen molar-refractivity contribution in [3.05, 3.63) is 29.6 Å². The van der Waals surface area contributed by atoms with Gasteiger partial charge in [0.15, 0.2) is 0 Å². The molecule has 0 radical (unpaired) electrons. The number of halogens is 4. The summed E-state index contributed by atoms with van der Waals surface area (Å²) in [5, 5.41) is 3.00. The van der Waals surface area contributed by atoms with E-state index in [4.69, 9.17) is 0 Å². The molecule has 1 aliphatic rings. The fourth-order valence-corrected chi connectivity index (χ4v) is 3.93. The molecule has 0 bridgehead atoms. The van der Waals surface area contributed by atoms with E-state index in [2.05, 4.69) is 5.32 Å². The number of nitrogens with one attached hydrogen (secondary N) is 1. The predicted octanol–water partition coefficient (Wildman–Crippen LogP) is 1.83. The van der Waals surface area contributed by atoms with Crippen molar-refractivity contribution in [3.63, 3.8) is 0 Å². The number of piperazine rings is 1. The van der Waals surface area contributed by atoms with E-state index < -0.39 is 32.5 Å². The van der Waals surface area contributed by atoms with Crippen LogP contribution in [0.4, 0.5) is 17.6 Å². The van der Waals surface area contributed by atoms with Gasteiger partial charge in [0.1, 0.15) is 5.82 Å². The zero-order chi connectivity index (χ0) is 15.8. The largest absolute Gasteiger partial charge is 0.417 e. The number of hydrogen-bond acceptors (Lipinski definition) is 3. The lowest BCUT2D eigenvalue weighted by atomic mass is 10.2. The summed E-state index contributed by atoms with van der Waals surface area (Å²) in [4.78, 5) is -0.912. The summed E-state index contributed by atoms with van der Waals surface area (Å²) in [5.41, 5.74) is -1.48. The minimum absolute atomic E-state index is 0.0665. The van der Waals surface area contributed by atoms with Gasteiger partial charge in [0.2, 0.25) is 10.0 Å². The highest BCUT2D eigenvalue weighted by atomic mass is 32.2. The van der Waals surface area contributed by atoms with Crippen LogP contribution < -0.4 is 5.32 Å². The molecule has 2 rings (SSSR count). The molecule has 0 amide bonds. The molecule has 0 unspecified atom stereocenters. The van der Waals surface area contributed by atoms with Crippen LogP contribution in [0.2, 0.25) is 0 Å². The van der Waals surface area contributed by atoms with E-state index in [1.54, 1.807) is 6.92 Å². The third-order valence-corrected chi connectivity index (χ3v) is 5.12. The Morgan fingerprint density at radius 2 is 2.00 bits per heavy atom. The van der Waals surface area contributed by atoms with E-state index >= 15 is 0 Å². The average molecular weight is 326 g/mol. The second-order valence-corrected chi connectivity index (χ2v) is 6.76. The molecule has 0 spiro atoms. The van der Waals surface area contributed by atoms with Crippen molar-refractivity contribution in [2.24, 2.45) is 0 Å². The monoisotopic (exact) mass is 326 g/mol. The molecule has 1 aromatic rings. The van der Waals surface area contributed by atoms with Gasteiger partial charge in [-0.05, 0) is 25.1 Å². The van der Waals surface area contributed by atoms with E-state index in [-0.39, 0.29) is 25.2 Å². The van der Waals surface area contributed by atoms with Gasteiger partial charge in [0.25, 0.3) is 0 Å². The number of nitrogens with zero attached hydrogens (tertiary/aromatic N) is 1. The van der Waals surface area contributed by atoms with Crippen molar-refractivity contribution in [1.29, 1.82) is 0 Å². The average Bonchev–Trinajstić information content (AvgIpc) is 2.37. The Labute approximate surface area is 119 Å². The first-order valence-electron chi connectivity index (χ1n) is 6.22. The topological polar surface area (TPSA) is 49.4 Å². The zero-order valence-electron chi connectivity index (χ0n) is 11.1. The van der Waals surface area contributed by atoms with Crippen LogP contribution in [0.1, 0.15) is 12.5 Å². The van der Waals surface area contributed by atoms with Gasteiger partial charge in [0.05, 0.1) is 10.5 Å². The second-order valence-electron chi connectivity index (χ2n) is 4.86. The van der Waals surface area contributed by atoms with Gasteiger partial charge in [-0.3, -0.25) is 0 Å². The van der Waals surface area contributed by atoms with Gasteiger partial charge in [-0.25, -0.2) is 12.8 Å². The SMILES string of the molecule is C[C@@H]1CN(S(=O)(=O)c2ccc(F)cc2C(F)(F)F)CCN1. The quantitative estimate of drug-likeness (QED) is 0.844. The van der Waals surface area contributed by atoms with Crippen molar-refractivity contribution in [3.8, 4) is 0 Å². The minimum atomic E-state index is -4.94. The van der Waals surface area contributed by atoms with Gasteiger partial charge in [-0.1, -0.05) is 0 Å². The van der Waals surface area contributed by atoms with Crippen molar-refractivity contribution < 1.29 is 26.0 Å². The molecule has 9 heteroatoms. The molecule has 0 aliphatic carbocycles. The molecular formula is C12H14F4N2O2S. The molecule has 0 saturated carbocycles. The standard InChI is InChI=1S/C12H14F4N2O2S/c1-8-7-18(5-4-17-8)21(19,20)11-3-2-9(13)6-10(11)12(14,15)16/h2-3,6,8,17H,4-5,7H2,1H3/t8-/m1/s1. The van der Waals surface area contributed by atoms with E-state index in [1.807, 2.05) is 0 Å². The maximum Gasteiger partial charge on any atom is 0.417 e. The van der Waals surface area contributed by atoms with Gasteiger partial charge < -0.3 is 5.32 Å². The smallest absolute Gasteiger partial charge is 0.312 e. The normalized spacial score (nSPS) is 21.5. The van der Waals surface area contributed by atoms with E-state index in [0.29, 0.717) is 18.7 Å². The lowest BCUT2D eigenvalue weighted by molar-refractivity contribution is -0.140. The molecule has 1 aliphatic heterocycles. The Bertz CT molecular complexity index is 631. The zero-order valence-corrected chi connectivity index (χ0v) is 11.9. The lowest BCUT2D eigenvalue weighted by Crippen LogP contribution is -2.51. The Hall–Kier alpha value is -1.19. The van der Waals surface area contributed by atoms with Crippen LogP contribution in [-0.2, 0) is 16.2 Å². The Kier molecular flexibility index (Phi) is 4.27. The maximum absolute atomic E-state index is 13.1. The molecule has 1 N–H and O–H groups in total. The lowest BCUT2D eigenvalue weighted by Gasteiger charge is -2.31. The van der Waals surface area contributed by atoms with Crippen LogP contribution in [0.5, 0.6) is 0 Å². The number of alkyl halides is 3. The van der Waals surface area contributed by atoms with Crippen molar-refractivity contribution in [1.82, 2.24) is 9.62 Å². The molecule has 0 aromatic heterocycles. The summed E-state index contributed by atoms with van der Waals surface area (Å²) >= 11 is 0. The van der Waals surface area contributed by atoms with Crippen molar-refractivity contribution in [2.45, 2.75) is 24.0 Å². The van der Waals surface area contributed by atoms with Crippen LogP contribution in [0.3, 0.4) is 0 Å². The molecule has 118 valence electrons. The summed E-state index contributed by atoms with van der Waals surface area (Å²) in [6, 6.07) is 1.43. The predicted molar refractivity (Wildman–Crippen MR) is 67.6 cm³/mol. The second kappa shape index (κ2) is 5.54. The summed E-state index contributed by atoms with van der Waals surface area (Å²) in [6.45, 7) is 2.22. The minimum Gasteiger partial charge on any atom is -0.312 e. The highest BCUT2D eigenvalue weighted by Crippen LogP contribution is 2.35. The number of hydrogen-bond donors (Lipinski definition) is 1. The molecule has 4 nitrogen and oxygen atoms in total. The first-order chi connectivity index (χ1) is 9.62. The summed E-state index contributed by atoms with van der Waals surface area (Å²) in [5.74, 6) is -1.13. The van der Waals surface area contributed by atoms with Gasteiger partial charge in [-0.2, -0.15) is 17.5 Å². The van der Waals surface area contributed by atoms with Crippen LogP contribution in [0.25, 0.3) is 0 Å². The van der Waals surface area contributed by atoms with E-state index in [0.717, 1.165) is 4.31 Å². The Morgan fingerprint density at radius 3 is 2.57 bits per heavy atom. The third-order valence-electron chi connectivity index (χ3n) is 3.20. The highest BCUT2D eigenvalue weighted by molar-refractivity contribution is 7.89. The number of benzene rings is 1. The van der Waals surface area contributed by atoms with Gasteiger partial charge in [-0.15, -0.1) is 0 Å². The molecule has 1 atom stereocenters. The van der Waals surface area contributed by atoms with Crippen LogP contribution >= 0.6 is 0 Å². The molecule has 1 heterocycles. The Morgan fingerprint density at radius 1 is 1.33 bits per heavy atom. The summed E-state index contributed by atoms with van der Waals surface area (Å²) in [7, 11) is -4.32. The van der Waals surface area contributed by atoms with Gasteiger partial charge in [0, 0.05) is 25.7 Å². The summed E-state index contributed by atoms with van der Waals surface area (Å²) < 4.78 is 77.6. The molecule has 1 fully saturated rings. The Balaban J connectivity index is 2.50. The first-order valence-corrected chi connectivity index (χ1v) is 7.66. The van der Waals surface area contributed by atoms with Crippen LogP contribution in [-0.4, -0.2) is 38.4 Å². The van der Waals surface area contributed by atoms with Crippen LogP contribution in [0.15, 0.2) is 23.1 Å². The fourth-order valence-electron chi connectivity index (χ4n) is 2.20. The molecule has 1 aromatic carbocycles. The van der Waals surface area contributed by atoms with Crippen molar-refractivity contribution >= 4 is 10.0 Å².